The van der Waals surface area contributed by atoms with Crippen molar-refractivity contribution in [3.63, 3.8) is 0 Å². The molecule has 1 aliphatic heterocycles. The molecule has 0 saturated carbocycles. The van der Waals surface area contributed by atoms with Gasteiger partial charge >= 0.3 is 6.18 Å². The number of aromatic amines is 1. The van der Waals surface area contributed by atoms with E-state index in [0.717, 1.165) is 17.5 Å². The number of fused-ring (bicyclic) bond motifs is 1. The Morgan fingerprint density at radius 1 is 1.16 bits per heavy atom. The molecule has 10 heteroatoms. The number of nitrogens with one attached hydrogen (secondary N) is 1. The lowest BCUT2D eigenvalue weighted by Gasteiger charge is -2.34. The van der Waals surface area contributed by atoms with Gasteiger partial charge < -0.3 is 24.5 Å². The van der Waals surface area contributed by atoms with Crippen LogP contribution in [0.3, 0.4) is 0 Å². The highest BCUT2D eigenvalue weighted by Gasteiger charge is 2.43. The second-order valence-corrected chi connectivity index (χ2v) is 9.76. The second kappa shape index (κ2) is 10.7. The van der Waals surface area contributed by atoms with Crippen LogP contribution in [-0.2, 0) is 16.6 Å². The topological polar surface area (TPSA) is 74.8 Å². The zero-order valence-corrected chi connectivity index (χ0v) is 20.7. The summed E-state index contributed by atoms with van der Waals surface area (Å²) in [6, 6.07) is 10.5. The Morgan fingerprint density at radius 3 is 2.57 bits per heavy atom. The molecular formula is C27H30F4N2O4. The molecular weight excluding hydrogens is 492 g/mol. The average molecular weight is 523 g/mol. The van der Waals surface area contributed by atoms with Crippen LogP contribution in [0.5, 0.6) is 5.75 Å². The highest BCUT2D eigenvalue weighted by Crippen LogP contribution is 2.44. The first-order valence-electron chi connectivity index (χ1n) is 12.0. The molecule has 2 heterocycles. The second-order valence-electron chi connectivity index (χ2n) is 9.76. The normalized spacial score (nSPS) is 17.0. The molecule has 1 saturated heterocycles. The number of hydrogen-bond acceptors (Lipinski definition) is 4. The number of aromatic nitrogens is 1. The maximum Gasteiger partial charge on any atom is 0.389 e. The van der Waals surface area contributed by atoms with Crippen LogP contribution in [0, 0.1) is 5.82 Å². The number of benzene rings is 2. The molecule has 1 aliphatic rings. The van der Waals surface area contributed by atoms with Crippen LogP contribution in [0.4, 0.5) is 17.6 Å². The zero-order chi connectivity index (χ0) is 26.8. The fourth-order valence-corrected chi connectivity index (χ4v) is 5.10. The quantitative estimate of drug-likeness (QED) is 0.409. The van der Waals surface area contributed by atoms with Crippen molar-refractivity contribution in [3.8, 4) is 5.75 Å². The number of morpholine rings is 1. The van der Waals surface area contributed by atoms with Gasteiger partial charge in [-0.15, -0.1) is 0 Å². The molecule has 37 heavy (non-hydrogen) atoms. The number of ether oxygens (including phenoxy) is 2. The van der Waals surface area contributed by atoms with Gasteiger partial charge in [-0.05, 0) is 48.2 Å². The predicted octanol–water partition coefficient (Wildman–Crippen LogP) is 4.99. The van der Waals surface area contributed by atoms with Crippen molar-refractivity contribution in [2.75, 3.05) is 33.4 Å². The lowest BCUT2D eigenvalue weighted by Crippen LogP contribution is -2.40. The molecule has 1 fully saturated rings. The Morgan fingerprint density at radius 2 is 1.89 bits per heavy atom. The minimum atomic E-state index is -4.55. The highest BCUT2D eigenvalue weighted by atomic mass is 19.4. The number of methoxy groups -OCH3 is 1. The number of alkyl halides is 3. The molecule has 4 rings (SSSR count). The van der Waals surface area contributed by atoms with Gasteiger partial charge in [0.25, 0.3) is 5.91 Å². The van der Waals surface area contributed by atoms with Crippen molar-refractivity contribution < 1.29 is 36.9 Å². The highest BCUT2D eigenvalue weighted by molar-refractivity contribution is 5.98. The molecule has 0 aliphatic carbocycles. The summed E-state index contributed by atoms with van der Waals surface area (Å²) in [5, 5.41) is 11.7. The van der Waals surface area contributed by atoms with Crippen molar-refractivity contribution in [3.05, 3.63) is 65.1 Å². The molecule has 2 atom stereocenters. The molecule has 3 aromatic rings. The summed E-state index contributed by atoms with van der Waals surface area (Å²) in [6.07, 6.45) is -7.19. The van der Waals surface area contributed by atoms with Crippen LogP contribution in [0.25, 0.3) is 10.9 Å². The van der Waals surface area contributed by atoms with Crippen molar-refractivity contribution in [1.29, 1.82) is 0 Å². The molecule has 6 nitrogen and oxygen atoms in total. The van der Waals surface area contributed by atoms with Gasteiger partial charge in [0.15, 0.2) is 0 Å². The Labute approximate surface area is 212 Å². The summed E-state index contributed by atoms with van der Waals surface area (Å²) in [6.45, 7) is 3.38. The molecule has 1 aromatic heterocycles. The molecule has 1 amide bonds. The molecule has 0 spiro atoms. The van der Waals surface area contributed by atoms with Crippen molar-refractivity contribution in [2.45, 2.75) is 43.9 Å². The van der Waals surface area contributed by atoms with Gasteiger partial charge in [0.2, 0.25) is 0 Å². The molecule has 2 unspecified atom stereocenters. The van der Waals surface area contributed by atoms with Crippen molar-refractivity contribution in [2.24, 2.45) is 0 Å². The van der Waals surface area contributed by atoms with Crippen LogP contribution < -0.4 is 4.74 Å². The number of halogens is 4. The summed E-state index contributed by atoms with van der Waals surface area (Å²) in [7, 11) is 1.31. The third-order valence-corrected chi connectivity index (χ3v) is 6.77. The summed E-state index contributed by atoms with van der Waals surface area (Å²) in [5.74, 6) is -0.659. The number of H-pyrrole nitrogens is 1. The van der Waals surface area contributed by atoms with Crippen LogP contribution >= 0.6 is 0 Å². The number of nitrogens with zero attached hydrogens (tertiary/aromatic N) is 1. The third kappa shape index (κ3) is 6.42. The number of amides is 1. The summed E-state index contributed by atoms with van der Waals surface area (Å²) in [4.78, 5) is 17.7. The average Bonchev–Trinajstić information content (AvgIpc) is 3.24. The first-order valence-corrected chi connectivity index (χ1v) is 12.0. The van der Waals surface area contributed by atoms with E-state index in [1.54, 1.807) is 29.2 Å². The Kier molecular flexibility index (Phi) is 7.80. The van der Waals surface area contributed by atoms with E-state index in [9.17, 15) is 27.5 Å². The summed E-state index contributed by atoms with van der Waals surface area (Å²) < 4.78 is 65.2. The van der Waals surface area contributed by atoms with Crippen molar-refractivity contribution in [1.82, 2.24) is 9.88 Å². The Hall–Kier alpha value is -3.11. The molecule has 2 N–H and O–H groups in total. The number of hydrogen-bond donors (Lipinski definition) is 2. The van der Waals surface area contributed by atoms with Gasteiger partial charge in [0.1, 0.15) is 11.6 Å². The summed E-state index contributed by atoms with van der Waals surface area (Å²) in [5.41, 5.74) is 0.230. The SMILES string of the molecule is COc1ccc(F)cc1C(C)(CC(O)Cc1cc2ccc(C(=O)N3CCOCC3)cc2[nH]1)CC(F)(F)F. The smallest absolute Gasteiger partial charge is 0.389 e. The minimum absolute atomic E-state index is 0.0481. The maximum absolute atomic E-state index is 14.0. The lowest BCUT2D eigenvalue weighted by atomic mass is 9.74. The van der Waals surface area contributed by atoms with E-state index in [1.807, 2.05) is 0 Å². The molecule has 200 valence electrons. The third-order valence-electron chi connectivity index (χ3n) is 6.77. The molecule has 0 bridgehead atoms. The van der Waals surface area contributed by atoms with Gasteiger partial charge in [0.05, 0.1) is 32.8 Å². The van der Waals surface area contributed by atoms with E-state index >= 15 is 0 Å². The monoisotopic (exact) mass is 522 g/mol. The lowest BCUT2D eigenvalue weighted by molar-refractivity contribution is -0.149. The van der Waals surface area contributed by atoms with E-state index in [0.29, 0.717) is 43.1 Å². The van der Waals surface area contributed by atoms with Gasteiger partial charge in [-0.1, -0.05) is 13.0 Å². The number of carbonyl (C=O) groups is 1. The predicted molar refractivity (Wildman–Crippen MR) is 130 cm³/mol. The fraction of sp³-hybridized carbons (Fsp3) is 0.444. The number of carbonyl (C=O) groups excluding carboxylic acids is 1. The molecule has 2 aromatic carbocycles. The number of aliphatic hydroxyl groups is 1. The molecule has 0 radical (unpaired) electrons. The van der Waals surface area contributed by atoms with Gasteiger partial charge in [-0.2, -0.15) is 13.2 Å². The number of rotatable bonds is 8. The van der Waals surface area contributed by atoms with E-state index in [1.165, 1.54) is 20.1 Å². The van der Waals surface area contributed by atoms with Gasteiger partial charge in [-0.25, -0.2) is 4.39 Å². The maximum atomic E-state index is 14.0. The van der Waals surface area contributed by atoms with Crippen LogP contribution in [0.2, 0.25) is 0 Å². The van der Waals surface area contributed by atoms with Crippen molar-refractivity contribution >= 4 is 16.8 Å². The largest absolute Gasteiger partial charge is 0.496 e. The van der Waals surface area contributed by atoms with Crippen LogP contribution in [0.15, 0.2) is 42.5 Å². The van der Waals surface area contributed by atoms with Crippen LogP contribution in [0.1, 0.15) is 41.4 Å². The fourth-order valence-electron chi connectivity index (χ4n) is 5.10. The summed E-state index contributed by atoms with van der Waals surface area (Å²) >= 11 is 0. The van der Waals surface area contributed by atoms with E-state index in [-0.39, 0.29) is 30.1 Å². The Bertz CT molecular complexity index is 1250. The van der Waals surface area contributed by atoms with Gasteiger partial charge in [-0.3, -0.25) is 4.79 Å². The van der Waals surface area contributed by atoms with Crippen LogP contribution in [-0.4, -0.2) is 66.6 Å². The first-order chi connectivity index (χ1) is 17.5. The van der Waals surface area contributed by atoms with E-state index < -0.39 is 29.9 Å². The standard InChI is InChI=1S/C27H30F4N2O4/c1-26(16-27(29,30)31,22-13-19(28)5-6-24(22)36-2)15-21(34)14-20-11-17-3-4-18(12-23(17)32-20)25(35)33-7-9-37-10-8-33/h3-6,11-13,21,32,34H,7-10,14-16H2,1-2H3. The van der Waals surface area contributed by atoms with E-state index in [4.69, 9.17) is 9.47 Å². The van der Waals surface area contributed by atoms with Gasteiger partial charge in [0, 0.05) is 47.3 Å². The number of aliphatic hydroxyl groups excluding tert-OH is 1. The first kappa shape index (κ1) is 26.9. The Balaban J connectivity index is 1.54. The minimum Gasteiger partial charge on any atom is -0.496 e. The zero-order valence-electron chi connectivity index (χ0n) is 20.7. The van der Waals surface area contributed by atoms with E-state index in [2.05, 4.69) is 4.98 Å².